The lowest BCUT2D eigenvalue weighted by molar-refractivity contribution is -0.123. The van der Waals surface area contributed by atoms with Gasteiger partial charge in [0.15, 0.2) is 0 Å². The van der Waals surface area contributed by atoms with Crippen molar-refractivity contribution in [3.63, 3.8) is 0 Å². The molecule has 1 amide bonds. The zero-order valence-electron chi connectivity index (χ0n) is 15.8. The third-order valence-corrected chi connectivity index (χ3v) is 7.23. The van der Waals surface area contributed by atoms with Gasteiger partial charge in [0.1, 0.15) is 0 Å². The van der Waals surface area contributed by atoms with Crippen molar-refractivity contribution >= 4 is 28.3 Å². The number of sulfonamides is 1. The summed E-state index contributed by atoms with van der Waals surface area (Å²) in [4.78, 5) is 12.5. The molecule has 8 heteroatoms. The molecule has 27 heavy (non-hydrogen) atoms. The maximum Gasteiger partial charge on any atom is 0.243 e. The fraction of sp³-hybridized carbons (Fsp3) is 0.632. The van der Waals surface area contributed by atoms with Crippen LogP contribution in [0.25, 0.3) is 0 Å². The van der Waals surface area contributed by atoms with Gasteiger partial charge in [0.2, 0.25) is 15.9 Å². The summed E-state index contributed by atoms with van der Waals surface area (Å²) in [7, 11) is -3.47. The minimum atomic E-state index is -3.47. The van der Waals surface area contributed by atoms with E-state index in [-0.39, 0.29) is 30.3 Å². The number of hydrogen-bond acceptors (Lipinski definition) is 4. The number of carbonyl (C=O) groups is 1. The number of halogens is 1. The Balaban J connectivity index is 0.00000261. The molecule has 3 rings (SSSR count). The summed E-state index contributed by atoms with van der Waals surface area (Å²) >= 11 is 0. The van der Waals surface area contributed by atoms with Gasteiger partial charge in [0, 0.05) is 19.6 Å². The molecule has 0 radical (unpaired) electrons. The maximum atomic E-state index is 13.0. The summed E-state index contributed by atoms with van der Waals surface area (Å²) < 4.78 is 27.5. The van der Waals surface area contributed by atoms with Gasteiger partial charge in [-0.05, 0) is 62.3 Å². The molecule has 2 N–H and O–H groups in total. The van der Waals surface area contributed by atoms with Crippen LogP contribution in [0.5, 0.6) is 0 Å². The molecule has 0 aliphatic carbocycles. The van der Waals surface area contributed by atoms with E-state index in [2.05, 4.69) is 10.6 Å². The van der Waals surface area contributed by atoms with Crippen LogP contribution in [0.2, 0.25) is 0 Å². The molecule has 0 spiro atoms. The highest BCUT2D eigenvalue weighted by Gasteiger charge is 2.31. The predicted octanol–water partition coefficient (Wildman–Crippen LogP) is 1.94. The molecule has 2 fully saturated rings. The first-order valence-electron chi connectivity index (χ1n) is 9.61. The zero-order valence-corrected chi connectivity index (χ0v) is 17.4. The number of piperidine rings is 1. The van der Waals surface area contributed by atoms with Gasteiger partial charge in [0.05, 0.1) is 10.9 Å². The van der Waals surface area contributed by atoms with E-state index >= 15 is 0 Å². The fourth-order valence-electron chi connectivity index (χ4n) is 3.76. The second-order valence-corrected chi connectivity index (χ2v) is 9.20. The number of rotatable bonds is 6. The van der Waals surface area contributed by atoms with Crippen LogP contribution >= 0.6 is 12.4 Å². The molecule has 0 bridgehead atoms. The van der Waals surface area contributed by atoms with Gasteiger partial charge in [0.25, 0.3) is 0 Å². The third kappa shape index (κ3) is 5.44. The molecule has 2 aliphatic heterocycles. The highest BCUT2D eigenvalue weighted by atomic mass is 35.5. The minimum absolute atomic E-state index is 0. The normalized spacial score (nSPS) is 23.6. The highest BCUT2D eigenvalue weighted by molar-refractivity contribution is 7.89. The minimum Gasteiger partial charge on any atom is -0.354 e. The largest absolute Gasteiger partial charge is 0.354 e. The van der Waals surface area contributed by atoms with E-state index in [0.29, 0.717) is 24.5 Å². The van der Waals surface area contributed by atoms with Gasteiger partial charge in [-0.25, -0.2) is 8.42 Å². The first kappa shape index (κ1) is 22.1. The lowest BCUT2D eigenvalue weighted by atomic mass is 9.99. The van der Waals surface area contributed by atoms with E-state index in [4.69, 9.17) is 0 Å². The lowest BCUT2D eigenvalue weighted by Crippen LogP contribution is -2.46. The quantitative estimate of drug-likeness (QED) is 0.744. The molecule has 0 aromatic heterocycles. The molecule has 0 saturated carbocycles. The molecule has 1 aromatic rings. The Morgan fingerprint density at radius 1 is 1.30 bits per heavy atom. The van der Waals surface area contributed by atoms with Gasteiger partial charge in [-0.15, -0.1) is 12.4 Å². The van der Waals surface area contributed by atoms with Crippen LogP contribution in [-0.4, -0.2) is 50.9 Å². The monoisotopic (exact) mass is 415 g/mol. The molecule has 2 unspecified atom stereocenters. The molecule has 2 atom stereocenters. The topological polar surface area (TPSA) is 78.5 Å². The van der Waals surface area contributed by atoms with Gasteiger partial charge >= 0.3 is 0 Å². The Hall–Kier alpha value is -1.15. The first-order valence-corrected chi connectivity index (χ1v) is 11.0. The Morgan fingerprint density at radius 3 is 2.81 bits per heavy atom. The summed E-state index contributed by atoms with van der Waals surface area (Å²) in [5.41, 5.74) is 1.02. The summed E-state index contributed by atoms with van der Waals surface area (Å²) in [5.74, 6) is 0.205. The van der Waals surface area contributed by atoms with E-state index < -0.39 is 10.0 Å². The molecule has 6 nitrogen and oxygen atoms in total. The summed E-state index contributed by atoms with van der Waals surface area (Å²) in [6, 6.07) is 7.11. The molecule has 2 aliphatic rings. The molecule has 152 valence electrons. The molecule has 1 aromatic carbocycles. The van der Waals surface area contributed by atoms with Crippen LogP contribution in [0.3, 0.4) is 0 Å². The van der Waals surface area contributed by atoms with Crippen molar-refractivity contribution in [2.45, 2.75) is 50.0 Å². The van der Waals surface area contributed by atoms with Crippen molar-refractivity contribution in [2.24, 2.45) is 5.92 Å². The van der Waals surface area contributed by atoms with E-state index in [1.54, 1.807) is 16.4 Å². The van der Waals surface area contributed by atoms with Crippen molar-refractivity contribution in [3.05, 3.63) is 29.8 Å². The number of benzene rings is 1. The number of nitrogens with zero attached hydrogens (tertiary/aromatic N) is 1. The zero-order chi connectivity index (χ0) is 18.6. The smallest absolute Gasteiger partial charge is 0.243 e. The second-order valence-electron chi connectivity index (χ2n) is 7.27. The Kier molecular flexibility index (Phi) is 8.09. The highest BCUT2D eigenvalue weighted by Crippen LogP contribution is 2.24. The number of hydrogen-bond donors (Lipinski definition) is 2. The number of aryl methyl sites for hydroxylation is 1. The second kappa shape index (κ2) is 9.87. The van der Waals surface area contributed by atoms with Gasteiger partial charge in [-0.3, -0.25) is 4.79 Å². The SMILES string of the molecule is CCc1cccc(S(=O)(=O)N2CCCC(CNC(=O)C3CCCN3)C2)c1.Cl. The van der Waals surface area contributed by atoms with E-state index in [1.807, 2.05) is 19.1 Å². The third-order valence-electron chi connectivity index (χ3n) is 5.37. The summed E-state index contributed by atoms with van der Waals surface area (Å²) in [6.07, 6.45) is 4.50. The molecular weight excluding hydrogens is 386 g/mol. The Bertz CT molecular complexity index is 735. The van der Waals surface area contributed by atoms with Crippen molar-refractivity contribution in [3.8, 4) is 0 Å². The number of amides is 1. The van der Waals surface area contributed by atoms with Crippen LogP contribution in [-0.2, 0) is 21.2 Å². The maximum absolute atomic E-state index is 13.0. The van der Waals surface area contributed by atoms with Crippen molar-refractivity contribution < 1.29 is 13.2 Å². The number of carbonyl (C=O) groups excluding carboxylic acids is 1. The van der Waals surface area contributed by atoms with Crippen molar-refractivity contribution in [1.82, 2.24) is 14.9 Å². The van der Waals surface area contributed by atoms with Crippen LogP contribution in [0.15, 0.2) is 29.2 Å². The Morgan fingerprint density at radius 2 is 2.11 bits per heavy atom. The van der Waals surface area contributed by atoms with E-state index in [9.17, 15) is 13.2 Å². The Labute approximate surface area is 168 Å². The first-order chi connectivity index (χ1) is 12.5. The molecule has 2 heterocycles. The van der Waals surface area contributed by atoms with Gasteiger partial charge in [-0.2, -0.15) is 4.31 Å². The standard InChI is InChI=1S/C19H29N3O3S.ClH/c1-2-15-6-3-8-17(12-15)26(24,25)22-11-5-7-16(14-22)13-21-19(23)18-9-4-10-20-18;/h3,6,8,12,16,18,20H,2,4-5,7,9-11,13-14H2,1H3,(H,21,23);1H. The predicted molar refractivity (Wildman–Crippen MR) is 109 cm³/mol. The van der Waals surface area contributed by atoms with Crippen LogP contribution in [0.1, 0.15) is 38.2 Å². The molecule has 2 saturated heterocycles. The van der Waals surface area contributed by atoms with E-state index in [0.717, 1.165) is 44.2 Å². The van der Waals surface area contributed by atoms with Crippen LogP contribution in [0, 0.1) is 5.92 Å². The lowest BCUT2D eigenvalue weighted by Gasteiger charge is -2.32. The summed E-state index contributed by atoms with van der Waals surface area (Å²) in [5, 5.41) is 6.19. The number of nitrogens with one attached hydrogen (secondary N) is 2. The van der Waals surface area contributed by atoms with E-state index in [1.165, 1.54) is 0 Å². The van der Waals surface area contributed by atoms with Crippen LogP contribution < -0.4 is 10.6 Å². The van der Waals surface area contributed by atoms with Crippen molar-refractivity contribution in [2.75, 3.05) is 26.2 Å². The molecular formula is C19H30ClN3O3S. The fourth-order valence-corrected chi connectivity index (χ4v) is 5.39. The van der Waals surface area contributed by atoms with Crippen LogP contribution in [0.4, 0.5) is 0 Å². The van der Waals surface area contributed by atoms with Crippen molar-refractivity contribution in [1.29, 1.82) is 0 Å². The van der Waals surface area contributed by atoms with Gasteiger partial charge in [-0.1, -0.05) is 19.1 Å². The summed E-state index contributed by atoms with van der Waals surface area (Å²) in [6.45, 7) is 4.47. The average Bonchev–Trinajstić information content (AvgIpc) is 3.21. The average molecular weight is 416 g/mol. The van der Waals surface area contributed by atoms with Gasteiger partial charge < -0.3 is 10.6 Å².